The summed E-state index contributed by atoms with van der Waals surface area (Å²) in [6.07, 6.45) is 20.9. The fourth-order valence-electron chi connectivity index (χ4n) is 22.1. The van der Waals surface area contributed by atoms with E-state index in [0.717, 1.165) is 183 Å². The Kier molecular flexibility index (Phi) is 29.0. The smallest absolute Gasteiger partial charge is 0.239 e. The minimum absolute atomic E-state index is 0.000768. The third kappa shape index (κ3) is 18.9. The van der Waals surface area contributed by atoms with Gasteiger partial charge < -0.3 is 52.7 Å². The zero-order valence-corrected chi connectivity index (χ0v) is 89.4. The van der Waals surface area contributed by atoms with Gasteiger partial charge in [-0.05, 0) is 206 Å². The molecule has 0 radical (unpaired) electrons. The summed E-state index contributed by atoms with van der Waals surface area (Å²) in [6, 6.07) is 48.4. The van der Waals surface area contributed by atoms with Gasteiger partial charge in [-0.1, -0.05) is 188 Å². The van der Waals surface area contributed by atoms with E-state index in [9.17, 15) is 37.6 Å². The van der Waals surface area contributed by atoms with Crippen LogP contribution in [0.4, 0.5) is 23.3 Å². The van der Waals surface area contributed by atoms with Gasteiger partial charge in [0, 0.05) is 156 Å². The molecule has 16 heterocycles. The number of benzene rings is 4. The summed E-state index contributed by atoms with van der Waals surface area (Å²) in [7, 11) is -8.30. The SMILES string of the molecule is N#Cc1cc(N2CCC3(CC2)Cc2ncccc2[C@H]3N)n2c(CO)nnc2c1Sc1cccc(Cl)c1Cl.N#Cc1cc(N2CCC3(CC2)Cc2ncccc2[C@H]3N)n2cnnc2c1Sc1cccc(Cl)c1Cl.N[C@@H]1c2cccnc2CC12CCN(c1cc(S(N)(=O)=O)c(Sc3cccc(Cl)c3Cl)c3nnc(CO)n13)CC2.N[C@@H]1c2cccnc2CC12CCN(c1cc(S(N)(=O)=O)c(Sc3cccc(Cl)c3Cl)c3nncn13)CC2. The van der Waals surface area contributed by atoms with Crippen LogP contribution in [0.15, 0.2) is 232 Å². The van der Waals surface area contributed by atoms with Crippen molar-refractivity contribution in [1.29, 1.82) is 10.5 Å². The summed E-state index contributed by atoms with van der Waals surface area (Å²) < 4.78 is 58.6. The second-order valence-corrected chi connectivity index (χ2v) is 48.3. The molecule has 14 N–H and O–H groups in total. The first kappa shape index (κ1) is 103. The number of hydrogen-bond acceptors (Lipinski definition) is 32. The molecule has 4 saturated heterocycles. The van der Waals surface area contributed by atoms with Crippen LogP contribution in [-0.4, -0.2) is 158 Å². The van der Waals surface area contributed by atoms with Crippen molar-refractivity contribution in [2.24, 2.45) is 54.9 Å². The molecule has 0 amide bonds. The molecule has 4 aliphatic heterocycles. The van der Waals surface area contributed by atoms with E-state index in [1.165, 1.54) is 35.2 Å². The van der Waals surface area contributed by atoms with Gasteiger partial charge in [0.25, 0.3) is 0 Å². The maximum absolute atomic E-state index is 12.9. The Morgan fingerprint density at radius 2 is 0.628 bits per heavy atom. The number of nitriles is 2. The molecule has 0 unspecified atom stereocenters. The summed E-state index contributed by atoms with van der Waals surface area (Å²) in [5.41, 5.74) is 38.3. The molecule has 4 fully saturated rings. The second-order valence-electron chi connectivity index (χ2n) is 37.9. The number of hydrogen-bond donors (Lipinski definition) is 8. The molecule has 148 heavy (non-hydrogen) atoms. The molecular weight excluding hydrogens is 2170 g/mol. The molecular formula is C100H92Cl8N28O6S6. The van der Waals surface area contributed by atoms with E-state index in [1.807, 2.05) is 94.1 Å². The number of fused-ring (bicyclic) bond motifs is 8. The van der Waals surface area contributed by atoms with Crippen molar-refractivity contribution < 1.29 is 27.0 Å². The number of sulfonamides is 2. The summed E-state index contributed by atoms with van der Waals surface area (Å²) in [6.45, 7) is 5.05. The fourth-order valence-corrected chi connectivity index (χ4v) is 30.1. The van der Waals surface area contributed by atoms with Crippen molar-refractivity contribution in [3.05, 3.63) is 291 Å². The van der Waals surface area contributed by atoms with Crippen LogP contribution in [0, 0.1) is 44.3 Å². The first-order chi connectivity index (χ1) is 71.3. The molecule has 0 bridgehead atoms. The van der Waals surface area contributed by atoms with Gasteiger partial charge >= 0.3 is 0 Å². The number of nitrogens with zero attached hydrogens (tertiary/aromatic N) is 22. The minimum Gasteiger partial charge on any atom is -0.388 e. The molecule has 24 rings (SSSR count). The second kappa shape index (κ2) is 41.5. The number of piperidine rings is 4. The van der Waals surface area contributed by atoms with Crippen molar-refractivity contribution in [1.82, 2.24) is 78.3 Å². The molecule has 34 nitrogen and oxygen atoms in total. The lowest BCUT2D eigenvalue weighted by Gasteiger charge is -2.43. The van der Waals surface area contributed by atoms with E-state index < -0.39 is 26.7 Å². The van der Waals surface area contributed by atoms with Gasteiger partial charge in [0.15, 0.2) is 34.2 Å². The Morgan fingerprint density at radius 1 is 0.358 bits per heavy atom. The van der Waals surface area contributed by atoms with Crippen molar-refractivity contribution in [2.45, 2.75) is 163 Å². The summed E-state index contributed by atoms with van der Waals surface area (Å²) in [4.78, 5) is 31.3. The van der Waals surface area contributed by atoms with E-state index >= 15 is 0 Å². The average molecular weight is 2260 g/mol. The van der Waals surface area contributed by atoms with Crippen LogP contribution < -0.4 is 52.8 Å². The van der Waals surface area contributed by atoms with Crippen molar-refractivity contribution >= 4 is 206 Å². The van der Waals surface area contributed by atoms with Crippen LogP contribution in [0.3, 0.4) is 0 Å². The highest BCUT2D eigenvalue weighted by molar-refractivity contribution is 8.01. The van der Waals surface area contributed by atoms with Crippen LogP contribution >= 0.6 is 140 Å². The van der Waals surface area contributed by atoms with Gasteiger partial charge in [-0.15, -0.1) is 40.8 Å². The number of aromatic nitrogens is 16. The Bertz CT molecular complexity index is 8290. The maximum atomic E-state index is 12.9. The van der Waals surface area contributed by atoms with Crippen LogP contribution in [0.25, 0.3) is 22.6 Å². The predicted molar refractivity (Wildman–Crippen MR) is 573 cm³/mol. The van der Waals surface area contributed by atoms with Gasteiger partial charge in [0.2, 0.25) is 20.0 Å². The normalized spacial score (nSPS) is 18.7. The Labute approximate surface area is 907 Å². The van der Waals surface area contributed by atoms with E-state index in [4.69, 9.17) is 126 Å². The van der Waals surface area contributed by atoms with Crippen LogP contribution in [0.1, 0.15) is 143 Å². The summed E-state index contributed by atoms with van der Waals surface area (Å²) >= 11 is 55.4. The topological polar surface area (TPSA) is 498 Å². The highest BCUT2D eigenvalue weighted by Crippen LogP contribution is 2.58. The number of rotatable bonds is 16. The van der Waals surface area contributed by atoms with Crippen LogP contribution in [-0.2, 0) is 58.9 Å². The molecule has 4 aromatic carbocycles. The largest absolute Gasteiger partial charge is 0.388 e. The third-order valence-corrected chi connectivity index (χ3v) is 40.6. The van der Waals surface area contributed by atoms with Crippen molar-refractivity contribution in [3.8, 4) is 12.1 Å². The maximum Gasteiger partial charge on any atom is 0.239 e. The van der Waals surface area contributed by atoms with Crippen molar-refractivity contribution in [2.75, 3.05) is 72.0 Å². The number of anilines is 4. The number of pyridine rings is 8. The number of halogens is 8. The number of aliphatic hydroxyl groups is 2. The lowest BCUT2D eigenvalue weighted by Crippen LogP contribution is -2.45. The van der Waals surface area contributed by atoms with Gasteiger partial charge in [-0.25, -0.2) is 27.1 Å². The third-order valence-electron chi connectivity index (χ3n) is 30.1. The van der Waals surface area contributed by atoms with Gasteiger partial charge in [-0.2, -0.15) is 10.5 Å². The molecule has 8 aliphatic rings. The highest BCUT2D eigenvalue weighted by Gasteiger charge is 2.52. The molecule has 48 heteroatoms. The molecule has 16 aromatic rings. The minimum atomic E-state index is -4.19. The highest BCUT2D eigenvalue weighted by atomic mass is 35.5. The standard InChI is InChI=1S/C26H23Cl2N7OS.C25H25Cl2N7O3S2.C25H21Cl2N7S.C24H23Cl2N7O2S2/c27-17-4-1-5-19(22(17)28)37-23-15(13-29)11-21(35-20(14-36)32-33-25(23)35)34-9-6-26(7-10-34)12-18-16(24(26)30)3-2-8-31-18;26-15-4-1-5-17(21(15)27)38-22-18(39(29,36)37)11-20(34-19(13-35)31-32-24(22)34)33-9-6-25(7-10-33)12-16-14(23(25)28)3-2-8-30-16;26-17-4-1-5-19(21(17)27)35-22-15(13-28)11-20(34-14-31-32-24(22)34)33-9-6-25(7-10-33)12-18-16(23(25)29)3-2-8-30-18;25-15-4-1-5-17(20(15)26)36-21-18(37(28,34)35)11-19(33-13-30-31-23(21)33)32-9-6-24(7-10-32)12-16-14(22(24)27)3-2-8-29-16/h1-5,8,11,24,36H,6-7,9-10,12,14,30H2;1-5,8,11,23,35H,6-7,9-10,12-13,28H2,(H2,29,36,37);1-5,8,11,14,23H,6-7,9-10,12,29H2;1-5,8,11,13,22H,6-7,9-10,12,27H2,(H2,28,34,35)/t24-;2*23-;22-/m1111/s1. The Hall–Kier alpha value is -10.6. The molecule has 0 saturated carbocycles. The van der Waals surface area contributed by atoms with E-state index in [-0.39, 0.29) is 83.6 Å². The predicted octanol–water partition coefficient (Wildman–Crippen LogP) is 17.7. The quantitative estimate of drug-likeness (QED) is 0.0445. The molecule has 760 valence electrons. The lowest BCUT2D eigenvalue weighted by molar-refractivity contribution is 0.186. The zero-order valence-electron chi connectivity index (χ0n) is 78.5. The average Bonchev–Trinajstić information content (AvgIpc) is 1.07. The zero-order chi connectivity index (χ0) is 103. The summed E-state index contributed by atoms with van der Waals surface area (Å²) in [5, 5.41) is 88.6. The van der Waals surface area contributed by atoms with E-state index in [2.05, 4.69) is 111 Å². The first-order valence-electron chi connectivity index (χ1n) is 47.1. The Morgan fingerprint density at radius 3 is 0.939 bits per heavy atom. The number of aliphatic hydroxyl groups excluding tert-OH is 2. The Balaban J connectivity index is 0.000000116. The molecule has 12 aromatic heterocycles. The van der Waals surface area contributed by atoms with Crippen molar-refractivity contribution in [3.63, 3.8) is 0 Å². The molecule has 4 aliphatic carbocycles. The number of nitrogens with two attached hydrogens (primary N) is 6. The fraction of sp³-hybridized carbons (Fsp3) is 0.300. The van der Waals surface area contributed by atoms with E-state index in [1.54, 1.807) is 82.3 Å². The summed E-state index contributed by atoms with van der Waals surface area (Å²) in [5.74, 6) is 3.54. The molecule has 4 spiro atoms. The molecule has 4 atom stereocenters. The van der Waals surface area contributed by atoms with Gasteiger partial charge in [0.1, 0.15) is 71.1 Å². The van der Waals surface area contributed by atoms with Crippen LogP contribution in [0.5, 0.6) is 0 Å². The van der Waals surface area contributed by atoms with E-state index in [0.29, 0.717) is 136 Å². The van der Waals surface area contributed by atoms with Crippen LogP contribution in [0.2, 0.25) is 40.2 Å². The monoisotopic (exact) mass is 2250 g/mol. The van der Waals surface area contributed by atoms with Gasteiger partial charge in [-0.3, -0.25) is 37.5 Å². The van der Waals surface area contributed by atoms with Gasteiger partial charge in [0.05, 0.1) is 70.9 Å². The first-order valence-corrected chi connectivity index (χ1v) is 56.5. The lowest BCUT2D eigenvalue weighted by atomic mass is 9.73. The number of primary sulfonamides is 2.